The Morgan fingerprint density at radius 2 is 2.00 bits per heavy atom. The van der Waals surface area contributed by atoms with Gasteiger partial charge in [0, 0.05) is 0 Å². The fourth-order valence-electron chi connectivity index (χ4n) is 2.51. The quantitative estimate of drug-likeness (QED) is 0.882. The maximum Gasteiger partial charge on any atom is 0.269 e. The number of carbonyl (C=O) groups is 1. The summed E-state index contributed by atoms with van der Waals surface area (Å²) in [6.07, 6.45) is 5.25. The summed E-state index contributed by atoms with van der Waals surface area (Å²) in [7, 11) is -3.97. The van der Waals surface area contributed by atoms with Gasteiger partial charge in [-0.2, -0.15) is 0 Å². The van der Waals surface area contributed by atoms with Gasteiger partial charge in [-0.05, 0) is 26.7 Å². The fraction of sp³-hybridized carbons (Fsp3) is 0.692. The Kier molecular flexibility index (Phi) is 5.00. The molecule has 1 aromatic heterocycles. The summed E-state index contributed by atoms with van der Waals surface area (Å²) in [5.74, 6) is -0.526. The molecular formula is C13H20N2O5S. The summed E-state index contributed by atoms with van der Waals surface area (Å²) >= 11 is 0. The van der Waals surface area contributed by atoms with Crippen LogP contribution in [-0.2, 0) is 19.6 Å². The zero-order valence-electron chi connectivity index (χ0n) is 12.2. The maximum atomic E-state index is 12.1. The lowest BCUT2D eigenvalue weighted by atomic mass is 9.98. The van der Waals surface area contributed by atoms with E-state index in [4.69, 9.17) is 9.26 Å². The monoisotopic (exact) mass is 316 g/mol. The van der Waals surface area contributed by atoms with E-state index in [1.54, 1.807) is 0 Å². The number of aromatic nitrogens is 1. The lowest BCUT2D eigenvalue weighted by molar-refractivity contribution is -0.126. The summed E-state index contributed by atoms with van der Waals surface area (Å²) in [6, 6.07) is 0. The summed E-state index contributed by atoms with van der Waals surface area (Å²) < 4.78 is 36.5. The van der Waals surface area contributed by atoms with E-state index in [1.807, 2.05) is 4.72 Å². The van der Waals surface area contributed by atoms with Crippen LogP contribution in [-0.4, -0.2) is 32.2 Å². The van der Waals surface area contributed by atoms with E-state index >= 15 is 0 Å². The van der Waals surface area contributed by atoms with Crippen LogP contribution in [0, 0.1) is 13.8 Å². The summed E-state index contributed by atoms with van der Waals surface area (Å²) in [4.78, 5) is 11.7. The largest absolute Gasteiger partial charge is 0.368 e. The molecule has 1 aliphatic rings. The highest BCUT2D eigenvalue weighted by Crippen LogP contribution is 2.20. The second-order valence-electron chi connectivity index (χ2n) is 5.25. The zero-order chi connectivity index (χ0) is 15.5. The van der Waals surface area contributed by atoms with Gasteiger partial charge in [0.15, 0.2) is 10.7 Å². The number of rotatable bonds is 5. The van der Waals surface area contributed by atoms with Gasteiger partial charge < -0.3 is 9.26 Å². The molecule has 21 heavy (non-hydrogen) atoms. The SMILES string of the molecule is Cc1noc(C)c1S(=O)(=O)NC(=O)COC1CCCCC1. The molecule has 7 nitrogen and oxygen atoms in total. The normalized spacial score (nSPS) is 16.9. The molecule has 1 heterocycles. The van der Waals surface area contributed by atoms with Gasteiger partial charge in [0.2, 0.25) is 0 Å². The van der Waals surface area contributed by atoms with Crippen molar-refractivity contribution in [1.29, 1.82) is 0 Å². The molecule has 0 radical (unpaired) electrons. The summed E-state index contributed by atoms with van der Waals surface area (Å²) in [5, 5.41) is 3.57. The van der Waals surface area contributed by atoms with E-state index in [0.29, 0.717) is 0 Å². The van der Waals surface area contributed by atoms with Crippen LogP contribution in [0.3, 0.4) is 0 Å². The Morgan fingerprint density at radius 1 is 1.33 bits per heavy atom. The molecule has 2 rings (SSSR count). The molecule has 0 atom stereocenters. The smallest absolute Gasteiger partial charge is 0.269 e. The molecule has 1 aromatic rings. The van der Waals surface area contributed by atoms with E-state index in [2.05, 4.69) is 5.16 Å². The minimum Gasteiger partial charge on any atom is -0.368 e. The van der Waals surface area contributed by atoms with Crippen LogP contribution in [0.25, 0.3) is 0 Å². The van der Waals surface area contributed by atoms with Gasteiger partial charge in [0.05, 0.1) is 6.10 Å². The van der Waals surface area contributed by atoms with Crippen LogP contribution in [0.5, 0.6) is 0 Å². The van der Waals surface area contributed by atoms with Gasteiger partial charge in [-0.25, -0.2) is 13.1 Å². The van der Waals surface area contributed by atoms with Crippen LogP contribution in [0.4, 0.5) is 0 Å². The average molecular weight is 316 g/mol. The first-order valence-corrected chi connectivity index (χ1v) is 8.48. The second-order valence-corrected chi connectivity index (χ2v) is 6.87. The third kappa shape index (κ3) is 4.04. The minimum atomic E-state index is -3.97. The minimum absolute atomic E-state index is 0.0475. The van der Waals surface area contributed by atoms with Crippen molar-refractivity contribution in [3.05, 3.63) is 11.5 Å². The Balaban J connectivity index is 1.92. The van der Waals surface area contributed by atoms with E-state index in [-0.39, 0.29) is 29.1 Å². The Morgan fingerprint density at radius 3 is 2.57 bits per heavy atom. The van der Waals surface area contributed by atoms with Gasteiger partial charge in [-0.3, -0.25) is 4.79 Å². The molecule has 0 aliphatic heterocycles. The van der Waals surface area contributed by atoms with Gasteiger partial charge in [0.25, 0.3) is 15.9 Å². The lowest BCUT2D eigenvalue weighted by Gasteiger charge is -2.21. The standard InChI is InChI=1S/C13H20N2O5S/c1-9-13(10(2)20-14-9)21(17,18)15-12(16)8-19-11-6-4-3-5-7-11/h11H,3-8H2,1-2H3,(H,15,16). The van der Waals surface area contributed by atoms with E-state index < -0.39 is 15.9 Å². The first kappa shape index (κ1) is 16.0. The Bertz CT molecular complexity index is 583. The molecule has 1 amide bonds. The molecule has 1 N–H and O–H groups in total. The molecule has 8 heteroatoms. The Hall–Kier alpha value is -1.41. The van der Waals surface area contributed by atoms with Crippen molar-refractivity contribution in [2.75, 3.05) is 6.61 Å². The van der Waals surface area contributed by atoms with Gasteiger partial charge in [-0.15, -0.1) is 0 Å². The highest BCUT2D eigenvalue weighted by atomic mass is 32.2. The number of amides is 1. The first-order chi connectivity index (χ1) is 9.90. The van der Waals surface area contributed by atoms with Crippen LogP contribution >= 0.6 is 0 Å². The van der Waals surface area contributed by atoms with Crippen LogP contribution in [0.1, 0.15) is 43.6 Å². The number of aryl methyl sites for hydroxylation is 2. The lowest BCUT2D eigenvalue weighted by Crippen LogP contribution is -2.35. The van der Waals surface area contributed by atoms with Crippen molar-refractivity contribution >= 4 is 15.9 Å². The highest BCUT2D eigenvalue weighted by molar-refractivity contribution is 7.90. The molecule has 0 unspecified atom stereocenters. The predicted molar refractivity (Wildman–Crippen MR) is 74.1 cm³/mol. The highest BCUT2D eigenvalue weighted by Gasteiger charge is 2.26. The molecule has 1 fully saturated rings. The van der Waals surface area contributed by atoms with Crippen molar-refractivity contribution in [3.63, 3.8) is 0 Å². The third-order valence-corrected chi connectivity index (χ3v) is 5.10. The summed E-state index contributed by atoms with van der Waals surface area (Å²) in [6.45, 7) is 2.74. The number of hydrogen-bond donors (Lipinski definition) is 1. The first-order valence-electron chi connectivity index (χ1n) is 7.00. The molecule has 0 saturated heterocycles. The summed E-state index contributed by atoms with van der Waals surface area (Å²) in [5.41, 5.74) is 0.223. The topological polar surface area (TPSA) is 98.5 Å². The average Bonchev–Trinajstić information content (AvgIpc) is 2.77. The van der Waals surface area contributed by atoms with E-state index in [9.17, 15) is 13.2 Å². The van der Waals surface area contributed by atoms with Crippen LogP contribution in [0.2, 0.25) is 0 Å². The number of hydrogen-bond acceptors (Lipinski definition) is 6. The number of carbonyl (C=O) groups excluding carboxylic acids is 1. The fourth-order valence-corrected chi connectivity index (χ4v) is 3.82. The van der Waals surface area contributed by atoms with Crippen molar-refractivity contribution < 1.29 is 22.5 Å². The molecule has 0 bridgehead atoms. The molecular weight excluding hydrogens is 296 g/mol. The number of nitrogens with one attached hydrogen (secondary N) is 1. The van der Waals surface area contributed by atoms with Gasteiger partial charge in [-0.1, -0.05) is 24.4 Å². The molecule has 118 valence electrons. The molecule has 0 aromatic carbocycles. The maximum absolute atomic E-state index is 12.1. The van der Waals surface area contributed by atoms with E-state index in [1.165, 1.54) is 20.3 Å². The number of ether oxygens (including phenoxy) is 1. The van der Waals surface area contributed by atoms with Crippen LogP contribution < -0.4 is 4.72 Å². The zero-order valence-corrected chi connectivity index (χ0v) is 13.0. The van der Waals surface area contributed by atoms with Crippen molar-refractivity contribution in [2.45, 2.75) is 57.0 Å². The Labute approximate surface area is 124 Å². The molecule has 0 spiro atoms. The van der Waals surface area contributed by atoms with Crippen molar-refractivity contribution in [1.82, 2.24) is 9.88 Å². The molecule has 1 saturated carbocycles. The van der Waals surface area contributed by atoms with Gasteiger partial charge in [0.1, 0.15) is 12.3 Å². The molecule has 1 aliphatic carbocycles. The number of nitrogens with zero attached hydrogens (tertiary/aromatic N) is 1. The van der Waals surface area contributed by atoms with Crippen LogP contribution in [0.15, 0.2) is 9.42 Å². The van der Waals surface area contributed by atoms with Gasteiger partial charge >= 0.3 is 0 Å². The number of sulfonamides is 1. The predicted octanol–water partition coefficient (Wildman–Crippen LogP) is 1.45. The third-order valence-electron chi connectivity index (χ3n) is 3.49. The second kappa shape index (κ2) is 6.57. The van der Waals surface area contributed by atoms with Crippen molar-refractivity contribution in [2.24, 2.45) is 0 Å². The van der Waals surface area contributed by atoms with Crippen molar-refractivity contribution in [3.8, 4) is 0 Å². The van der Waals surface area contributed by atoms with E-state index in [0.717, 1.165) is 25.7 Å².